The predicted molar refractivity (Wildman–Crippen MR) is 43.5 cm³/mol. The van der Waals surface area contributed by atoms with Crippen LogP contribution in [0.1, 0.15) is 10.4 Å². The van der Waals surface area contributed by atoms with E-state index in [1.54, 1.807) is 0 Å². The van der Waals surface area contributed by atoms with Crippen LogP contribution in [0.15, 0.2) is 12.1 Å². The fraction of sp³-hybridized carbons (Fsp3) is 0. The molecule has 0 atom stereocenters. The molecule has 0 fully saturated rings. The first kappa shape index (κ1) is 11.9. The summed E-state index contributed by atoms with van der Waals surface area (Å²) in [4.78, 5) is 10.3. The molecule has 0 aliphatic heterocycles. The molecule has 0 saturated carbocycles. The number of carbonyl (C=O) groups is 1. The van der Waals surface area contributed by atoms with Gasteiger partial charge in [-0.05, 0) is 12.1 Å². The molecule has 1 N–H and O–H groups in total. The van der Waals surface area contributed by atoms with Gasteiger partial charge in [0, 0.05) is 5.02 Å². The number of hydrogen-bond donors (Lipinski definition) is 1. The number of halogens is 2. The fourth-order valence-corrected chi connectivity index (χ4v) is 1.18. The van der Waals surface area contributed by atoms with Crippen LogP contribution in [0.2, 0.25) is 10.0 Å². The molecule has 12 heavy (non-hydrogen) atoms. The normalized spacial score (nSPS) is 8.83. The number of aromatic hydroxyl groups is 1. The minimum atomic E-state index is -0.230. The second-order valence-corrected chi connectivity index (χ2v) is 2.79. The second kappa shape index (κ2) is 4.84. The molecular formula is C7H4Cl2O2Pd+2. The molecule has 1 aromatic carbocycles. The van der Waals surface area contributed by atoms with E-state index in [9.17, 15) is 4.79 Å². The number of phenols is 1. The van der Waals surface area contributed by atoms with Crippen LogP contribution >= 0.6 is 23.2 Å². The Kier molecular flexibility index (Phi) is 4.81. The van der Waals surface area contributed by atoms with E-state index in [-0.39, 0.29) is 36.8 Å². The van der Waals surface area contributed by atoms with Gasteiger partial charge in [0.05, 0.1) is 10.6 Å². The summed E-state index contributed by atoms with van der Waals surface area (Å²) in [5.41, 5.74) is 0.0995. The molecule has 0 unspecified atom stereocenters. The summed E-state index contributed by atoms with van der Waals surface area (Å²) in [5, 5.41) is 9.51. The number of carbonyl (C=O) groups excluding carboxylic acids is 1. The van der Waals surface area contributed by atoms with Crippen LogP contribution < -0.4 is 0 Å². The molecule has 0 aliphatic carbocycles. The largest absolute Gasteiger partial charge is 2.00 e. The first-order valence-corrected chi connectivity index (χ1v) is 3.54. The Labute approximate surface area is 93.1 Å². The number of rotatable bonds is 1. The Morgan fingerprint density at radius 1 is 1.33 bits per heavy atom. The molecular weight excluding hydrogens is 293 g/mol. The molecule has 0 radical (unpaired) electrons. The van der Waals surface area contributed by atoms with Gasteiger partial charge in [-0.2, -0.15) is 0 Å². The standard InChI is InChI=1S/C7H4Cl2O2.Pd/c8-5-1-4(3-10)7(11)6(9)2-5;/h1-3,11H;/q;+2. The predicted octanol–water partition coefficient (Wildman–Crippen LogP) is 2.51. The molecule has 0 saturated heterocycles. The minimum Gasteiger partial charge on any atom is -0.506 e. The third-order valence-electron chi connectivity index (χ3n) is 1.18. The molecule has 0 amide bonds. The smallest absolute Gasteiger partial charge is 0.506 e. The maximum absolute atomic E-state index is 10.3. The summed E-state index contributed by atoms with van der Waals surface area (Å²) in [6.45, 7) is 0. The van der Waals surface area contributed by atoms with Crippen molar-refractivity contribution in [1.29, 1.82) is 0 Å². The molecule has 5 heteroatoms. The van der Waals surface area contributed by atoms with Gasteiger partial charge in [0.15, 0.2) is 6.29 Å². The maximum Gasteiger partial charge on any atom is 2.00 e. The summed E-state index contributed by atoms with van der Waals surface area (Å²) in [7, 11) is 0. The van der Waals surface area contributed by atoms with E-state index in [2.05, 4.69) is 0 Å². The Morgan fingerprint density at radius 3 is 2.42 bits per heavy atom. The molecule has 66 valence electrons. The van der Waals surface area contributed by atoms with Crippen molar-refractivity contribution in [3.63, 3.8) is 0 Å². The van der Waals surface area contributed by atoms with Gasteiger partial charge in [0.25, 0.3) is 0 Å². The monoisotopic (exact) mass is 296 g/mol. The summed E-state index contributed by atoms with van der Waals surface area (Å²) in [5.74, 6) is -0.230. The average Bonchev–Trinajstić information content (AvgIpc) is 1.96. The van der Waals surface area contributed by atoms with Crippen LogP contribution in [0, 0.1) is 0 Å². The number of aldehydes is 1. The van der Waals surface area contributed by atoms with Gasteiger partial charge in [-0.15, -0.1) is 0 Å². The third-order valence-corrected chi connectivity index (χ3v) is 1.69. The fourth-order valence-electron chi connectivity index (χ4n) is 0.676. The summed E-state index contributed by atoms with van der Waals surface area (Å²) < 4.78 is 0. The van der Waals surface area contributed by atoms with Gasteiger partial charge < -0.3 is 5.11 Å². The quantitative estimate of drug-likeness (QED) is 0.639. The maximum atomic E-state index is 10.3. The molecule has 0 spiro atoms. The Morgan fingerprint density at radius 2 is 1.92 bits per heavy atom. The van der Waals surface area contributed by atoms with E-state index < -0.39 is 0 Å². The van der Waals surface area contributed by atoms with Crippen LogP contribution in [0.5, 0.6) is 5.75 Å². The van der Waals surface area contributed by atoms with E-state index in [1.165, 1.54) is 12.1 Å². The molecule has 0 bridgehead atoms. The van der Waals surface area contributed by atoms with Crippen LogP contribution in [0.4, 0.5) is 0 Å². The van der Waals surface area contributed by atoms with Gasteiger partial charge in [0.1, 0.15) is 5.75 Å². The SMILES string of the molecule is O=Cc1cc(Cl)cc(Cl)c1O.[Pd+2]. The molecule has 0 aromatic heterocycles. The molecule has 0 heterocycles. The third kappa shape index (κ3) is 2.46. The van der Waals surface area contributed by atoms with Crippen LogP contribution in [0.25, 0.3) is 0 Å². The van der Waals surface area contributed by atoms with E-state index in [4.69, 9.17) is 28.3 Å². The Hall–Kier alpha value is -0.0677. The zero-order chi connectivity index (χ0) is 8.43. The first-order valence-electron chi connectivity index (χ1n) is 2.78. The van der Waals surface area contributed by atoms with Crippen LogP contribution in [-0.2, 0) is 20.4 Å². The van der Waals surface area contributed by atoms with Crippen molar-refractivity contribution in [2.75, 3.05) is 0 Å². The van der Waals surface area contributed by atoms with Crippen molar-refractivity contribution < 1.29 is 30.3 Å². The van der Waals surface area contributed by atoms with Crippen molar-refractivity contribution in [1.82, 2.24) is 0 Å². The zero-order valence-corrected chi connectivity index (χ0v) is 8.73. The molecule has 1 aromatic rings. The van der Waals surface area contributed by atoms with E-state index in [0.717, 1.165) is 0 Å². The number of benzene rings is 1. The van der Waals surface area contributed by atoms with Gasteiger partial charge >= 0.3 is 20.4 Å². The van der Waals surface area contributed by atoms with Gasteiger partial charge in [0.2, 0.25) is 0 Å². The van der Waals surface area contributed by atoms with Crippen LogP contribution in [0.3, 0.4) is 0 Å². The van der Waals surface area contributed by atoms with E-state index in [1.807, 2.05) is 0 Å². The average molecular weight is 297 g/mol. The van der Waals surface area contributed by atoms with Gasteiger partial charge in [-0.1, -0.05) is 23.2 Å². The van der Waals surface area contributed by atoms with Crippen molar-refractivity contribution in [3.05, 3.63) is 27.7 Å². The minimum absolute atomic E-state index is 0. The van der Waals surface area contributed by atoms with Crippen molar-refractivity contribution in [3.8, 4) is 5.75 Å². The number of phenolic OH excluding ortho intramolecular Hbond substituents is 1. The van der Waals surface area contributed by atoms with Crippen molar-refractivity contribution in [2.24, 2.45) is 0 Å². The zero-order valence-electron chi connectivity index (χ0n) is 5.66. The van der Waals surface area contributed by atoms with E-state index >= 15 is 0 Å². The summed E-state index contributed by atoms with van der Waals surface area (Å²) in [6.07, 6.45) is 0.493. The van der Waals surface area contributed by atoms with Crippen LogP contribution in [-0.4, -0.2) is 11.4 Å². The molecule has 0 aliphatic rings. The Bertz CT molecular complexity index is 302. The van der Waals surface area contributed by atoms with Crippen molar-refractivity contribution >= 4 is 29.5 Å². The van der Waals surface area contributed by atoms with Gasteiger partial charge in [-0.3, -0.25) is 4.79 Å². The summed E-state index contributed by atoms with van der Waals surface area (Å²) >= 11 is 11.1. The topological polar surface area (TPSA) is 37.3 Å². The first-order chi connectivity index (χ1) is 5.15. The second-order valence-electron chi connectivity index (χ2n) is 1.94. The molecule has 1 rings (SSSR count). The summed E-state index contributed by atoms with van der Waals surface area (Å²) in [6, 6.07) is 2.71. The van der Waals surface area contributed by atoms with Crippen molar-refractivity contribution in [2.45, 2.75) is 0 Å². The number of hydrogen-bond acceptors (Lipinski definition) is 2. The Balaban J connectivity index is 0.00000121. The van der Waals surface area contributed by atoms with E-state index in [0.29, 0.717) is 11.3 Å². The van der Waals surface area contributed by atoms with Gasteiger partial charge in [-0.25, -0.2) is 0 Å². The molecule has 2 nitrogen and oxygen atoms in total.